The zero-order valence-electron chi connectivity index (χ0n) is 18.1. The van der Waals surface area contributed by atoms with Crippen molar-refractivity contribution in [1.82, 2.24) is 10.2 Å². The first-order chi connectivity index (χ1) is 14.9. The molecule has 0 fully saturated rings. The van der Waals surface area contributed by atoms with Crippen LogP contribution < -0.4 is 5.32 Å². The Labute approximate surface area is 203 Å². The van der Waals surface area contributed by atoms with Crippen molar-refractivity contribution in [2.45, 2.75) is 51.4 Å². The van der Waals surface area contributed by atoms with Crippen LogP contribution in [-0.4, -0.2) is 35.1 Å². The van der Waals surface area contributed by atoms with E-state index < -0.39 is 6.04 Å². The van der Waals surface area contributed by atoms with E-state index >= 15 is 0 Å². The van der Waals surface area contributed by atoms with Gasteiger partial charge >= 0.3 is 0 Å². The average Bonchev–Trinajstić information content (AvgIpc) is 2.76. The maximum atomic E-state index is 13.2. The fourth-order valence-corrected chi connectivity index (χ4v) is 4.39. The predicted octanol–water partition coefficient (Wildman–Crippen LogP) is 6.06. The molecule has 2 rings (SSSR count). The third-order valence-corrected chi connectivity index (χ3v) is 6.66. The number of benzene rings is 2. The summed E-state index contributed by atoms with van der Waals surface area (Å²) in [4.78, 5) is 27.7. The van der Waals surface area contributed by atoms with E-state index in [2.05, 4.69) is 28.2 Å². The molecule has 1 N–H and O–H groups in total. The van der Waals surface area contributed by atoms with Crippen LogP contribution in [0, 0.1) is 0 Å². The standard InChI is InChI=1S/C24H30BrClN2O2S/c1-3-5-14-27-24(30)22(4-2)28(15-18-8-12-21(26)13-9-18)23(29)17-31-16-19-6-10-20(25)11-7-19/h6-13,22H,3-5,14-17H2,1-2H3,(H,27,30)/t22-/m1/s1. The molecule has 0 unspecified atom stereocenters. The van der Waals surface area contributed by atoms with E-state index in [-0.39, 0.29) is 11.8 Å². The second-order valence-corrected chi connectivity index (χ2v) is 9.67. The Balaban J connectivity index is 2.08. The van der Waals surface area contributed by atoms with Crippen molar-refractivity contribution in [3.63, 3.8) is 0 Å². The molecular formula is C24H30BrClN2O2S. The van der Waals surface area contributed by atoms with Crippen LogP contribution in [-0.2, 0) is 21.9 Å². The lowest BCUT2D eigenvalue weighted by Crippen LogP contribution is -2.49. The molecule has 31 heavy (non-hydrogen) atoms. The SMILES string of the molecule is CCCCNC(=O)[C@@H](CC)N(Cc1ccc(Cl)cc1)C(=O)CSCc1ccc(Br)cc1. The highest BCUT2D eigenvalue weighted by atomic mass is 79.9. The Bertz CT molecular complexity index is 830. The first kappa shape index (κ1) is 25.8. The minimum Gasteiger partial charge on any atom is -0.354 e. The van der Waals surface area contributed by atoms with Crippen LogP contribution in [0.5, 0.6) is 0 Å². The third-order valence-electron chi connectivity index (χ3n) is 4.89. The summed E-state index contributed by atoms with van der Waals surface area (Å²) in [5.41, 5.74) is 2.12. The maximum Gasteiger partial charge on any atom is 0.242 e. The average molecular weight is 526 g/mol. The van der Waals surface area contributed by atoms with Gasteiger partial charge < -0.3 is 10.2 Å². The van der Waals surface area contributed by atoms with E-state index in [9.17, 15) is 9.59 Å². The summed E-state index contributed by atoms with van der Waals surface area (Å²) in [6, 6.07) is 15.0. The lowest BCUT2D eigenvalue weighted by atomic mass is 10.1. The van der Waals surface area contributed by atoms with Crippen LogP contribution in [0.15, 0.2) is 53.0 Å². The fraction of sp³-hybridized carbons (Fsp3) is 0.417. The van der Waals surface area contributed by atoms with Crippen molar-refractivity contribution < 1.29 is 9.59 Å². The molecular weight excluding hydrogens is 496 g/mol. The number of hydrogen-bond acceptors (Lipinski definition) is 3. The molecule has 2 aromatic rings. The van der Waals surface area contributed by atoms with Crippen LogP contribution in [0.3, 0.4) is 0 Å². The van der Waals surface area contributed by atoms with Gasteiger partial charge in [-0.05, 0) is 48.2 Å². The van der Waals surface area contributed by atoms with Gasteiger partial charge in [-0.2, -0.15) is 0 Å². The second kappa shape index (κ2) is 13.8. The van der Waals surface area contributed by atoms with Crippen molar-refractivity contribution in [3.05, 3.63) is 69.2 Å². The van der Waals surface area contributed by atoms with Crippen LogP contribution in [0.1, 0.15) is 44.2 Å². The molecule has 0 aliphatic heterocycles. The first-order valence-corrected chi connectivity index (χ1v) is 12.9. The van der Waals surface area contributed by atoms with Crippen molar-refractivity contribution in [2.75, 3.05) is 12.3 Å². The largest absolute Gasteiger partial charge is 0.354 e. The Morgan fingerprint density at radius 3 is 2.32 bits per heavy atom. The summed E-state index contributed by atoms with van der Waals surface area (Å²) in [5, 5.41) is 3.64. The molecule has 0 saturated carbocycles. The summed E-state index contributed by atoms with van der Waals surface area (Å²) in [6.45, 7) is 5.05. The van der Waals surface area contributed by atoms with Gasteiger partial charge in [-0.15, -0.1) is 11.8 Å². The molecule has 168 valence electrons. The van der Waals surface area contributed by atoms with E-state index in [0.717, 1.165) is 34.2 Å². The molecule has 0 heterocycles. The summed E-state index contributed by atoms with van der Waals surface area (Å²) in [7, 11) is 0. The van der Waals surface area contributed by atoms with E-state index in [1.165, 1.54) is 0 Å². The lowest BCUT2D eigenvalue weighted by Gasteiger charge is -2.30. The fourth-order valence-electron chi connectivity index (χ4n) is 3.13. The molecule has 0 aliphatic carbocycles. The third kappa shape index (κ3) is 8.87. The van der Waals surface area contributed by atoms with Gasteiger partial charge in [0.2, 0.25) is 11.8 Å². The monoisotopic (exact) mass is 524 g/mol. The molecule has 0 aromatic heterocycles. The minimum absolute atomic E-state index is 0.0328. The van der Waals surface area contributed by atoms with Crippen LogP contribution in [0.2, 0.25) is 5.02 Å². The van der Waals surface area contributed by atoms with Crippen molar-refractivity contribution in [2.24, 2.45) is 0 Å². The number of hydrogen-bond donors (Lipinski definition) is 1. The molecule has 0 aliphatic rings. The topological polar surface area (TPSA) is 49.4 Å². The lowest BCUT2D eigenvalue weighted by molar-refractivity contribution is -0.139. The number of amides is 2. The van der Waals surface area contributed by atoms with Crippen molar-refractivity contribution >= 4 is 51.1 Å². The Morgan fingerprint density at radius 2 is 1.71 bits per heavy atom. The highest BCUT2D eigenvalue weighted by Crippen LogP contribution is 2.19. The zero-order chi connectivity index (χ0) is 22.6. The minimum atomic E-state index is -0.492. The van der Waals surface area contributed by atoms with Crippen LogP contribution >= 0.6 is 39.3 Å². The summed E-state index contributed by atoms with van der Waals surface area (Å²) < 4.78 is 1.03. The van der Waals surface area contributed by atoms with Gasteiger partial charge in [0, 0.05) is 28.3 Å². The van der Waals surface area contributed by atoms with Gasteiger partial charge in [-0.3, -0.25) is 9.59 Å². The molecule has 7 heteroatoms. The molecule has 0 radical (unpaired) electrons. The van der Waals surface area contributed by atoms with Crippen molar-refractivity contribution in [3.8, 4) is 0 Å². The highest BCUT2D eigenvalue weighted by Gasteiger charge is 2.28. The summed E-state index contributed by atoms with van der Waals surface area (Å²) >= 11 is 11.0. The number of nitrogens with zero attached hydrogens (tertiary/aromatic N) is 1. The first-order valence-electron chi connectivity index (χ1n) is 10.6. The Morgan fingerprint density at radius 1 is 1.06 bits per heavy atom. The van der Waals surface area contributed by atoms with Gasteiger partial charge in [-0.25, -0.2) is 0 Å². The van der Waals surface area contributed by atoms with Gasteiger partial charge in [-0.1, -0.05) is 72.1 Å². The predicted molar refractivity (Wildman–Crippen MR) is 134 cm³/mol. The Hall–Kier alpha value is -1.50. The van der Waals surface area contributed by atoms with Crippen LogP contribution in [0.25, 0.3) is 0 Å². The molecule has 1 atom stereocenters. The number of carbonyl (C=O) groups is 2. The normalized spacial score (nSPS) is 11.7. The van der Waals surface area contributed by atoms with Gasteiger partial charge in [0.1, 0.15) is 6.04 Å². The van der Waals surface area contributed by atoms with Gasteiger partial charge in [0.15, 0.2) is 0 Å². The molecule has 2 aromatic carbocycles. The van der Waals surface area contributed by atoms with E-state index in [4.69, 9.17) is 11.6 Å². The van der Waals surface area contributed by atoms with Gasteiger partial charge in [0.25, 0.3) is 0 Å². The molecule has 4 nitrogen and oxygen atoms in total. The number of halogens is 2. The smallest absolute Gasteiger partial charge is 0.242 e. The summed E-state index contributed by atoms with van der Waals surface area (Å²) in [5.74, 6) is 0.945. The van der Waals surface area contributed by atoms with Crippen LogP contribution in [0.4, 0.5) is 0 Å². The number of carbonyl (C=O) groups excluding carboxylic acids is 2. The van der Waals surface area contributed by atoms with E-state index in [1.807, 2.05) is 55.5 Å². The number of thioether (sulfide) groups is 1. The Kier molecular flexibility index (Phi) is 11.5. The highest BCUT2D eigenvalue weighted by molar-refractivity contribution is 9.10. The van der Waals surface area contributed by atoms with E-state index in [1.54, 1.807) is 16.7 Å². The maximum absolute atomic E-state index is 13.2. The zero-order valence-corrected chi connectivity index (χ0v) is 21.2. The number of unbranched alkanes of at least 4 members (excludes halogenated alkanes) is 1. The molecule has 2 amide bonds. The quantitative estimate of drug-likeness (QED) is 0.343. The second-order valence-electron chi connectivity index (χ2n) is 7.34. The van der Waals surface area contributed by atoms with E-state index in [0.29, 0.717) is 30.3 Å². The molecule has 0 saturated heterocycles. The number of nitrogens with one attached hydrogen (secondary N) is 1. The molecule has 0 bridgehead atoms. The number of rotatable bonds is 12. The molecule has 0 spiro atoms. The summed E-state index contributed by atoms with van der Waals surface area (Å²) in [6.07, 6.45) is 2.50. The van der Waals surface area contributed by atoms with Crippen molar-refractivity contribution in [1.29, 1.82) is 0 Å². The van der Waals surface area contributed by atoms with Gasteiger partial charge in [0.05, 0.1) is 5.75 Å².